The number of hydrogen-bond acceptors (Lipinski definition) is 16. The molecular weight excluding hydrogens is 861 g/mol. The molecule has 8 N–H and O–H groups in total. The number of aliphatic hydroxyl groups excluding tert-OH is 7. The molecule has 66 heavy (non-hydrogen) atoms. The van der Waals surface area contributed by atoms with Crippen molar-refractivity contribution in [3.8, 4) is 0 Å². The van der Waals surface area contributed by atoms with Gasteiger partial charge in [-0.3, -0.25) is 9.59 Å². The predicted molar refractivity (Wildman–Crippen MR) is 233 cm³/mol. The summed E-state index contributed by atoms with van der Waals surface area (Å²) in [6, 6.07) is 0. The number of carbonyl (C=O) groups is 2. The standard InChI is InChI=1S/C49H78O17/c1-23-32(52)35(55)39(66-41-37(57)38(33(53)24(2)61-41)65-40-36(56)34(54)28(21-60-40)63-25(3)51)42(62-23)64-31-13-14-45(6)29(46(31,7)22-50)12-15-48(9)30(45)11-10-26-27-20-44(4,5)16-18-49(27,43(58)59)19-17-47(26,48)8/h10,23-24,27-42,50,52-57H,11-22H2,1-9H3,(H,58,59)/t23-,24-,27-,28-,29+,30+,31-,32-,33-,34-,35+,36+,37+,38+,39+,40-,41-,42-,45-,46-,47+,48+,49-/m0/s1. The molecule has 4 saturated carbocycles. The molecule has 0 bridgehead atoms. The molecular formula is C49H78O17. The maximum atomic E-state index is 13.2. The van der Waals surface area contributed by atoms with Gasteiger partial charge in [0.15, 0.2) is 25.0 Å². The zero-order valence-corrected chi connectivity index (χ0v) is 40.2. The molecule has 376 valence electrons. The molecule has 7 fully saturated rings. The average Bonchev–Trinajstić information content (AvgIpc) is 3.25. The first-order valence-electron chi connectivity index (χ1n) is 24.5. The molecule has 23 atom stereocenters. The van der Waals surface area contributed by atoms with E-state index in [0.29, 0.717) is 19.3 Å². The Morgan fingerprint density at radius 3 is 2.03 bits per heavy atom. The summed E-state index contributed by atoms with van der Waals surface area (Å²) in [4.78, 5) is 24.7. The van der Waals surface area contributed by atoms with E-state index < -0.39 is 115 Å². The van der Waals surface area contributed by atoms with Crippen molar-refractivity contribution >= 4 is 11.9 Å². The lowest BCUT2D eigenvalue weighted by molar-refractivity contribution is -0.385. The van der Waals surface area contributed by atoms with E-state index in [-0.39, 0.29) is 52.6 Å². The van der Waals surface area contributed by atoms with Gasteiger partial charge in [-0.1, -0.05) is 53.2 Å². The van der Waals surface area contributed by atoms with Crippen LogP contribution in [0.4, 0.5) is 0 Å². The molecule has 5 aliphatic carbocycles. The Kier molecular flexibility index (Phi) is 13.6. The lowest BCUT2D eigenvalue weighted by Crippen LogP contribution is -2.67. The molecule has 17 nitrogen and oxygen atoms in total. The first-order valence-corrected chi connectivity index (χ1v) is 24.5. The van der Waals surface area contributed by atoms with Gasteiger partial charge in [0.1, 0.15) is 48.8 Å². The van der Waals surface area contributed by atoms with Gasteiger partial charge >= 0.3 is 11.9 Å². The highest BCUT2D eigenvalue weighted by atomic mass is 16.8. The van der Waals surface area contributed by atoms with Crippen LogP contribution in [0.2, 0.25) is 0 Å². The number of aliphatic hydroxyl groups is 7. The predicted octanol–water partition coefficient (Wildman–Crippen LogP) is 2.94. The van der Waals surface area contributed by atoms with Gasteiger partial charge in [0, 0.05) is 12.3 Å². The zero-order valence-electron chi connectivity index (χ0n) is 40.2. The molecule has 0 aromatic carbocycles. The minimum Gasteiger partial charge on any atom is -0.481 e. The number of allylic oxidation sites excluding steroid dienone is 2. The Labute approximate surface area is 388 Å². The van der Waals surface area contributed by atoms with Crippen molar-refractivity contribution in [2.75, 3.05) is 13.2 Å². The Morgan fingerprint density at radius 1 is 0.712 bits per heavy atom. The molecule has 17 heteroatoms. The van der Waals surface area contributed by atoms with Crippen LogP contribution < -0.4 is 0 Å². The third-order valence-electron chi connectivity index (χ3n) is 19.3. The Balaban J connectivity index is 1.01. The summed E-state index contributed by atoms with van der Waals surface area (Å²) < 4.78 is 41.7. The van der Waals surface area contributed by atoms with Crippen molar-refractivity contribution < 1.29 is 83.6 Å². The average molecular weight is 939 g/mol. The summed E-state index contributed by atoms with van der Waals surface area (Å²) >= 11 is 0. The van der Waals surface area contributed by atoms with Gasteiger partial charge in [-0.05, 0) is 117 Å². The van der Waals surface area contributed by atoms with Crippen LogP contribution in [0, 0.1) is 50.2 Å². The Bertz CT molecular complexity index is 1850. The third kappa shape index (κ3) is 7.94. The maximum Gasteiger partial charge on any atom is 0.310 e. The fourth-order valence-electron chi connectivity index (χ4n) is 15.1. The Morgan fingerprint density at radius 2 is 1.36 bits per heavy atom. The highest BCUT2D eigenvalue weighted by Crippen LogP contribution is 2.76. The quantitative estimate of drug-likeness (QED) is 0.0939. The maximum absolute atomic E-state index is 13.2. The molecule has 0 aromatic heterocycles. The van der Waals surface area contributed by atoms with Crippen LogP contribution in [0.25, 0.3) is 0 Å². The van der Waals surface area contributed by atoms with Crippen LogP contribution >= 0.6 is 0 Å². The van der Waals surface area contributed by atoms with E-state index in [2.05, 4.69) is 47.6 Å². The fraction of sp³-hybridized carbons (Fsp3) is 0.918. The van der Waals surface area contributed by atoms with E-state index in [1.165, 1.54) is 12.5 Å². The van der Waals surface area contributed by atoms with Gasteiger partial charge in [-0.25, -0.2) is 0 Å². The largest absolute Gasteiger partial charge is 0.481 e. The SMILES string of the molecule is CC(=O)O[C@H]1CO[C@@H](O[C@@H]2[C@@H](O)[C@H](C)O[C@@H](O[C@H]3[C@H](O[C@H]4CC[C@@]5(C)[C@@H](CC[C@]6(C)[C@@H]5CC=C5[C@@H]7CC(C)(C)CC[C@]7(C(=O)O)CC[C@]56C)[C@]4(C)CO)O[C@@H](C)[C@H](O)[C@H]3O)[C@@H]2O)[C@H](O)[C@H]1O. The molecule has 0 unspecified atom stereocenters. The number of carboxylic acids is 1. The minimum absolute atomic E-state index is 0.00257. The van der Waals surface area contributed by atoms with E-state index in [4.69, 9.17) is 33.2 Å². The number of ether oxygens (including phenoxy) is 7. The van der Waals surface area contributed by atoms with Gasteiger partial charge in [-0.2, -0.15) is 0 Å². The second-order valence-corrected chi connectivity index (χ2v) is 23.4. The smallest absolute Gasteiger partial charge is 0.310 e. The minimum atomic E-state index is -1.77. The molecule has 0 aromatic rings. The monoisotopic (exact) mass is 939 g/mol. The molecule has 3 heterocycles. The van der Waals surface area contributed by atoms with Crippen LogP contribution in [0.1, 0.15) is 127 Å². The van der Waals surface area contributed by atoms with Gasteiger partial charge in [0.2, 0.25) is 0 Å². The van der Waals surface area contributed by atoms with Gasteiger partial charge in [0.25, 0.3) is 0 Å². The zero-order chi connectivity index (χ0) is 48.3. The molecule has 3 aliphatic heterocycles. The van der Waals surface area contributed by atoms with E-state index >= 15 is 0 Å². The molecule has 8 rings (SSSR count). The topological polar surface area (TPSA) is 261 Å². The van der Waals surface area contributed by atoms with E-state index in [9.17, 15) is 50.4 Å². The van der Waals surface area contributed by atoms with E-state index in [0.717, 1.165) is 51.9 Å². The number of rotatable bonds is 9. The van der Waals surface area contributed by atoms with Crippen LogP contribution in [0.5, 0.6) is 0 Å². The number of aliphatic carboxylic acids is 1. The van der Waals surface area contributed by atoms with E-state index in [1.807, 2.05) is 0 Å². The number of esters is 1. The number of carboxylic acid groups (broad SMARTS) is 1. The summed E-state index contributed by atoms with van der Waals surface area (Å²) in [5, 5.41) is 89.2. The first kappa shape index (κ1) is 50.5. The molecule has 0 spiro atoms. The lowest BCUT2D eigenvalue weighted by Gasteiger charge is -2.71. The summed E-state index contributed by atoms with van der Waals surface area (Å²) in [5.41, 5.74) is -0.608. The summed E-state index contributed by atoms with van der Waals surface area (Å²) in [5.74, 6) is -1.08. The van der Waals surface area contributed by atoms with E-state index in [1.54, 1.807) is 6.92 Å². The number of carbonyl (C=O) groups excluding carboxylic acids is 1. The van der Waals surface area contributed by atoms with Gasteiger partial charge < -0.3 is 74.0 Å². The molecule has 3 saturated heterocycles. The highest BCUT2D eigenvalue weighted by molar-refractivity contribution is 5.76. The second kappa shape index (κ2) is 17.8. The number of fused-ring (bicyclic) bond motifs is 7. The van der Waals surface area contributed by atoms with Crippen molar-refractivity contribution in [3.63, 3.8) is 0 Å². The summed E-state index contributed by atoms with van der Waals surface area (Å²) in [6.45, 7) is 17.6. The van der Waals surface area contributed by atoms with Crippen molar-refractivity contribution in [2.24, 2.45) is 50.2 Å². The first-order chi connectivity index (χ1) is 30.8. The third-order valence-corrected chi connectivity index (χ3v) is 19.3. The molecule has 0 amide bonds. The van der Waals surface area contributed by atoms with Crippen molar-refractivity contribution in [1.82, 2.24) is 0 Å². The molecule has 8 aliphatic rings. The highest BCUT2D eigenvalue weighted by Gasteiger charge is 2.70. The van der Waals surface area contributed by atoms with Gasteiger partial charge in [0.05, 0.1) is 36.9 Å². The van der Waals surface area contributed by atoms with Gasteiger partial charge in [-0.15, -0.1) is 0 Å². The summed E-state index contributed by atoms with van der Waals surface area (Å²) in [6.07, 6.45) is -10.4. The van der Waals surface area contributed by atoms with Crippen molar-refractivity contribution in [2.45, 2.75) is 219 Å². The second-order valence-electron chi connectivity index (χ2n) is 23.4. The number of hydrogen-bond donors (Lipinski definition) is 8. The lowest BCUT2D eigenvalue weighted by atomic mass is 9.33. The van der Waals surface area contributed by atoms with Crippen molar-refractivity contribution in [1.29, 1.82) is 0 Å². The van der Waals surface area contributed by atoms with Crippen molar-refractivity contribution in [3.05, 3.63) is 11.6 Å². The van der Waals surface area contributed by atoms with Crippen LogP contribution in [-0.2, 0) is 42.7 Å². The van der Waals surface area contributed by atoms with Crippen LogP contribution in [0.3, 0.4) is 0 Å². The molecule has 0 radical (unpaired) electrons. The Hall–Kier alpha value is -1.84. The van der Waals surface area contributed by atoms with Crippen LogP contribution in [0.15, 0.2) is 11.6 Å². The normalized spacial score (nSPS) is 53.5. The summed E-state index contributed by atoms with van der Waals surface area (Å²) in [7, 11) is 0. The van der Waals surface area contributed by atoms with Crippen LogP contribution in [-0.4, -0.2) is 158 Å². The fourth-order valence-corrected chi connectivity index (χ4v) is 15.1.